The van der Waals surface area contributed by atoms with Crippen molar-refractivity contribution < 1.29 is 14.3 Å². The van der Waals surface area contributed by atoms with E-state index in [0.717, 1.165) is 12.8 Å². The van der Waals surface area contributed by atoms with Crippen LogP contribution in [-0.2, 0) is 14.3 Å². The highest BCUT2D eigenvalue weighted by Crippen LogP contribution is 2.39. The Labute approximate surface area is 138 Å². The Kier molecular flexibility index (Phi) is 4.74. The van der Waals surface area contributed by atoms with Crippen LogP contribution in [-0.4, -0.2) is 57.5 Å². The van der Waals surface area contributed by atoms with Gasteiger partial charge < -0.3 is 15.4 Å². The number of aromatic nitrogens is 3. The van der Waals surface area contributed by atoms with E-state index in [1.54, 1.807) is 4.90 Å². The Balaban J connectivity index is 1.50. The number of hydrogen-bond donors (Lipinski definition) is 1. The molecule has 0 bridgehead atoms. The Hall–Kier alpha value is -1.77. The number of esters is 1. The average molecular weight is 339 g/mol. The van der Waals surface area contributed by atoms with Gasteiger partial charge in [-0.2, -0.15) is 0 Å². The molecule has 126 valence electrons. The number of nitrogens with two attached hydrogens (primary N) is 1. The van der Waals surface area contributed by atoms with Gasteiger partial charge in [-0.15, -0.1) is 10.2 Å². The van der Waals surface area contributed by atoms with Gasteiger partial charge in [0.15, 0.2) is 5.16 Å². The van der Waals surface area contributed by atoms with Crippen molar-refractivity contribution in [2.75, 3.05) is 31.7 Å². The van der Waals surface area contributed by atoms with Crippen LogP contribution >= 0.6 is 11.8 Å². The van der Waals surface area contributed by atoms with E-state index >= 15 is 0 Å². The molecule has 1 amide bonds. The van der Waals surface area contributed by atoms with E-state index in [2.05, 4.69) is 10.2 Å². The van der Waals surface area contributed by atoms with Gasteiger partial charge in [-0.25, -0.2) is 0 Å². The number of nitrogen functional groups attached to an aromatic ring is 1. The topological polar surface area (TPSA) is 103 Å². The number of hydrogen-bond acceptors (Lipinski definition) is 7. The van der Waals surface area contributed by atoms with Gasteiger partial charge in [-0.1, -0.05) is 11.8 Å². The number of thioether (sulfide) groups is 1. The van der Waals surface area contributed by atoms with Crippen molar-refractivity contribution in [2.24, 2.45) is 5.92 Å². The van der Waals surface area contributed by atoms with Crippen LogP contribution in [0.1, 0.15) is 31.7 Å². The quantitative estimate of drug-likeness (QED) is 0.622. The standard InChI is InChI=1S/C14H21N5O3S/c1-22-12(21)9-4-6-18(7-5-9)11(20)8-23-14-17-16-13(15)19(14)10-2-3-10/h9-10H,2-8H2,1H3,(H2,15,16). The molecule has 2 aliphatic rings. The molecule has 2 N–H and O–H groups in total. The Morgan fingerprint density at radius 2 is 1.96 bits per heavy atom. The smallest absolute Gasteiger partial charge is 0.308 e. The summed E-state index contributed by atoms with van der Waals surface area (Å²) >= 11 is 1.38. The second-order valence-electron chi connectivity index (χ2n) is 5.91. The van der Waals surface area contributed by atoms with E-state index in [9.17, 15) is 9.59 Å². The van der Waals surface area contributed by atoms with Crippen molar-refractivity contribution in [3.8, 4) is 0 Å². The molecule has 2 heterocycles. The summed E-state index contributed by atoms with van der Waals surface area (Å²) in [6, 6.07) is 0.387. The zero-order valence-electron chi connectivity index (χ0n) is 13.1. The fourth-order valence-electron chi connectivity index (χ4n) is 2.81. The number of amides is 1. The van der Waals surface area contributed by atoms with Crippen LogP contribution in [0.2, 0.25) is 0 Å². The highest BCUT2D eigenvalue weighted by Gasteiger charge is 2.30. The van der Waals surface area contributed by atoms with Gasteiger partial charge in [-0.3, -0.25) is 14.2 Å². The summed E-state index contributed by atoms with van der Waals surface area (Å²) in [5.74, 6) is 0.519. The molecule has 1 saturated carbocycles. The summed E-state index contributed by atoms with van der Waals surface area (Å²) in [6.07, 6.45) is 3.50. The molecule has 0 atom stereocenters. The van der Waals surface area contributed by atoms with Gasteiger partial charge in [0.2, 0.25) is 11.9 Å². The lowest BCUT2D eigenvalue weighted by molar-refractivity contribution is -0.148. The molecule has 1 saturated heterocycles. The van der Waals surface area contributed by atoms with Crippen LogP contribution in [0.5, 0.6) is 0 Å². The van der Waals surface area contributed by atoms with Crippen LogP contribution < -0.4 is 5.73 Å². The van der Waals surface area contributed by atoms with Gasteiger partial charge in [0, 0.05) is 19.1 Å². The van der Waals surface area contributed by atoms with E-state index in [-0.39, 0.29) is 17.8 Å². The van der Waals surface area contributed by atoms with Crippen LogP contribution in [0.25, 0.3) is 0 Å². The van der Waals surface area contributed by atoms with E-state index < -0.39 is 0 Å². The molecule has 3 rings (SSSR count). The monoisotopic (exact) mass is 339 g/mol. The summed E-state index contributed by atoms with van der Waals surface area (Å²) in [4.78, 5) is 25.6. The van der Waals surface area contributed by atoms with Crippen molar-refractivity contribution in [3.05, 3.63) is 0 Å². The molecule has 0 radical (unpaired) electrons. The number of methoxy groups -OCH3 is 1. The Morgan fingerprint density at radius 3 is 2.57 bits per heavy atom. The number of carbonyl (C=O) groups excluding carboxylic acids is 2. The second kappa shape index (κ2) is 6.77. The predicted octanol–water partition coefficient (Wildman–Crippen LogP) is 0.699. The molecule has 1 aromatic rings. The van der Waals surface area contributed by atoms with Gasteiger partial charge in [0.25, 0.3) is 0 Å². The van der Waals surface area contributed by atoms with Gasteiger partial charge in [-0.05, 0) is 25.7 Å². The van der Waals surface area contributed by atoms with E-state index in [1.165, 1.54) is 18.9 Å². The van der Waals surface area contributed by atoms with Crippen molar-refractivity contribution in [1.29, 1.82) is 0 Å². The van der Waals surface area contributed by atoms with Crippen molar-refractivity contribution in [3.63, 3.8) is 0 Å². The number of piperidine rings is 1. The van der Waals surface area contributed by atoms with E-state index in [1.807, 2.05) is 4.57 Å². The molecule has 8 nitrogen and oxygen atoms in total. The number of anilines is 1. The zero-order valence-corrected chi connectivity index (χ0v) is 13.9. The SMILES string of the molecule is COC(=O)C1CCN(C(=O)CSc2nnc(N)n2C2CC2)CC1. The van der Waals surface area contributed by atoms with E-state index in [4.69, 9.17) is 10.5 Å². The molecule has 23 heavy (non-hydrogen) atoms. The van der Waals surface area contributed by atoms with Crippen LogP contribution in [0, 0.1) is 5.92 Å². The minimum Gasteiger partial charge on any atom is -0.469 e. The van der Waals surface area contributed by atoms with Crippen LogP contribution in [0.4, 0.5) is 5.95 Å². The van der Waals surface area contributed by atoms with Gasteiger partial charge in [0.1, 0.15) is 0 Å². The maximum Gasteiger partial charge on any atom is 0.308 e. The summed E-state index contributed by atoms with van der Waals surface area (Å²) in [6.45, 7) is 1.19. The summed E-state index contributed by atoms with van der Waals surface area (Å²) in [5.41, 5.74) is 5.83. The molecule has 9 heteroatoms. The molecule has 1 aliphatic heterocycles. The Bertz CT molecular complexity index is 593. The maximum absolute atomic E-state index is 12.3. The number of rotatable bonds is 5. The third-order valence-electron chi connectivity index (χ3n) is 4.31. The molecule has 0 unspecified atom stereocenters. The first kappa shape index (κ1) is 16.1. The normalized spacial score (nSPS) is 18.9. The highest BCUT2D eigenvalue weighted by atomic mass is 32.2. The molecular formula is C14H21N5O3S. The maximum atomic E-state index is 12.3. The molecule has 0 spiro atoms. The summed E-state index contributed by atoms with van der Waals surface area (Å²) in [7, 11) is 1.40. The van der Waals surface area contributed by atoms with E-state index in [0.29, 0.717) is 48.8 Å². The van der Waals surface area contributed by atoms with Crippen molar-refractivity contribution in [1.82, 2.24) is 19.7 Å². The fourth-order valence-corrected chi connectivity index (χ4v) is 3.73. The number of ether oxygens (including phenoxy) is 1. The van der Waals surface area contributed by atoms with Crippen molar-refractivity contribution >= 4 is 29.6 Å². The fraction of sp³-hybridized carbons (Fsp3) is 0.714. The Morgan fingerprint density at radius 1 is 1.26 bits per heavy atom. The third-order valence-corrected chi connectivity index (χ3v) is 5.24. The van der Waals surface area contributed by atoms with Gasteiger partial charge >= 0.3 is 5.97 Å². The first-order chi connectivity index (χ1) is 11.1. The number of likely N-dealkylation sites (tertiary alicyclic amines) is 1. The third kappa shape index (κ3) is 3.60. The van der Waals surface area contributed by atoms with Crippen LogP contribution in [0.15, 0.2) is 5.16 Å². The zero-order chi connectivity index (χ0) is 16.4. The van der Waals surface area contributed by atoms with Crippen LogP contribution in [0.3, 0.4) is 0 Å². The molecular weight excluding hydrogens is 318 g/mol. The van der Waals surface area contributed by atoms with Crippen molar-refractivity contribution in [2.45, 2.75) is 36.9 Å². The minimum absolute atomic E-state index is 0.0576. The summed E-state index contributed by atoms with van der Waals surface area (Å²) < 4.78 is 6.68. The molecule has 2 fully saturated rings. The lowest BCUT2D eigenvalue weighted by atomic mass is 9.97. The average Bonchev–Trinajstić information content (AvgIpc) is 3.35. The predicted molar refractivity (Wildman–Crippen MR) is 84.7 cm³/mol. The lowest BCUT2D eigenvalue weighted by Gasteiger charge is -2.30. The second-order valence-corrected chi connectivity index (χ2v) is 6.85. The number of nitrogens with zero attached hydrogens (tertiary/aromatic N) is 4. The molecule has 0 aromatic carbocycles. The van der Waals surface area contributed by atoms with Gasteiger partial charge in [0.05, 0.1) is 18.8 Å². The highest BCUT2D eigenvalue weighted by molar-refractivity contribution is 7.99. The first-order valence-electron chi connectivity index (χ1n) is 7.79. The lowest BCUT2D eigenvalue weighted by Crippen LogP contribution is -2.41. The first-order valence-corrected chi connectivity index (χ1v) is 8.77. The largest absolute Gasteiger partial charge is 0.469 e. The summed E-state index contributed by atoms with van der Waals surface area (Å²) in [5, 5.41) is 8.67. The molecule has 1 aliphatic carbocycles. The molecule has 1 aromatic heterocycles. The number of carbonyl (C=O) groups is 2. The minimum atomic E-state index is -0.181.